The highest BCUT2D eigenvalue weighted by Gasteiger charge is 1.97. The molecule has 0 spiro atoms. The molecule has 3 heteroatoms. The first kappa shape index (κ1) is 22.6. The molecule has 0 fully saturated rings. The van der Waals surface area contributed by atoms with Gasteiger partial charge in [0.15, 0.2) is 0 Å². The molecule has 0 aliphatic rings. The van der Waals surface area contributed by atoms with Crippen molar-refractivity contribution >= 4 is 22.6 Å². The maximum absolute atomic E-state index is 12.6. The van der Waals surface area contributed by atoms with Gasteiger partial charge < -0.3 is 4.74 Å². The van der Waals surface area contributed by atoms with E-state index in [1.165, 1.54) is 81.5 Å². The molecule has 0 aliphatic heterocycles. The Morgan fingerprint density at radius 1 is 0.682 bits per heavy atom. The van der Waals surface area contributed by atoms with Crippen molar-refractivity contribution in [2.24, 2.45) is 0 Å². The smallest absolute Gasteiger partial charge is 0.0973 e. The van der Waals surface area contributed by atoms with Crippen LogP contribution >= 0.6 is 22.6 Å². The zero-order valence-corrected chi connectivity index (χ0v) is 16.9. The van der Waals surface area contributed by atoms with Gasteiger partial charge in [-0.25, -0.2) is 4.39 Å². The van der Waals surface area contributed by atoms with Gasteiger partial charge in [-0.15, -0.1) is 0 Å². The first-order valence-corrected chi connectivity index (χ1v) is 11.1. The average molecular weight is 428 g/mol. The Balaban J connectivity index is 2.94. The monoisotopic (exact) mass is 428 g/mol. The highest BCUT2D eigenvalue weighted by atomic mass is 127. The van der Waals surface area contributed by atoms with E-state index in [2.05, 4.69) is 22.6 Å². The Morgan fingerprint density at radius 3 is 1.55 bits per heavy atom. The molecule has 0 aromatic carbocycles. The SMILES string of the molecule is CC(F)CCCCCCCCCCCCCCOCCCI. The number of alkyl halides is 2. The second kappa shape index (κ2) is 19.7. The minimum Gasteiger partial charge on any atom is -0.381 e. The van der Waals surface area contributed by atoms with Crippen molar-refractivity contribution in [2.45, 2.75) is 103 Å². The number of hydrogen-bond donors (Lipinski definition) is 0. The van der Waals surface area contributed by atoms with Gasteiger partial charge in [0.2, 0.25) is 0 Å². The van der Waals surface area contributed by atoms with Crippen molar-refractivity contribution in [3.8, 4) is 0 Å². The van der Waals surface area contributed by atoms with Crippen molar-refractivity contribution in [3.63, 3.8) is 0 Å². The van der Waals surface area contributed by atoms with Crippen LogP contribution in [0.25, 0.3) is 0 Å². The third-order valence-electron chi connectivity index (χ3n) is 4.06. The Bertz CT molecular complexity index is 200. The molecule has 1 unspecified atom stereocenters. The van der Waals surface area contributed by atoms with E-state index in [-0.39, 0.29) is 0 Å². The van der Waals surface area contributed by atoms with Crippen molar-refractivity contribution in [2.75, 3.05) is 17.6 Å². The predicted octanol–water partition coefficient (Wildman–Crippen LogP) is 7.26. The fourth-order valence-corrected chi connectivity index (χ4v) is 2.97. The fourth-order valence-electron chi connectivity index (χ4n) is 2.66. The minimum atomic E-state index is -0.609. The van der Waals surface area contributed by atoms with Crippen LogP contribution in [0.4, 0.5) is 4.39 Å². The van der Waals surface area contributed by atoms with Gasteiger partial charge in [-0.05, 0) is 26.2 Å². The number of ether oxygens (including phenoxy) is 1. The molecule has 0 radical (unpaired) electrons. The van der Waals surface area contributed by atoms with E-state index in [4.69, 9.17) is 4.74 Å². The van der Waals surface area contributed by atoms with Gasteiger partial charge in [-0.3, -0.25) is 0 Å². The molecule has 22 heavy (non-hydrogen) atoms. The molecule has 0 bridgehead atoms. The summed E-state index contributed by atoms with van der Waals surface area (Å²) in [6.07, 6.45) is 17.1. The zero-order valence-electron chi connectivity index (χ0n) is 14.8. The third-order valence-corrected chi connectivity index (χ3v) is 4.83. The summed E-state index contributed by atoms with van der Waals surface area (Å²) in [4.78, 5) is 0. The summed E-state index contributed by atoms with van der Waals surface area (Å²) < 4.78 is 19.4. The summed E-state index contributed by atoms with van der Waals surface area (Å²) in [6, 6.07) is 0. The standard InChI is InChI=1S/C19H38FIO/c1-19(20)15-12-10-8-6-4-2-3-5-7-9-11-13-17-22-18-14-16-21/h19H,2-18H2,1H3. The summed E-state index contributed by atoms with van der Waals surface area (Å²) in [7, 11) is 0. The molecule has 0 aliphatic carbocycles. The van der Waals surface area contributed by atoms with E-state index in [0.717, 1.165) is 26.1 Å². The lowest BCUT2D eigenvalue weighted by atomic mass is 10.0. The quantitative estimate of drug-likeness (QED) is 0.127. The van der Waals surface area contributed by atoms with Crippen LogP contribution in [-0.2, 0) is 4.74 Å². The third kappa shape index (κ3) is 20.6. The number of hydrogen-bond acceptors (Lipinski definition) is 1. The molecule has 0 saturated heterocycles. The Morgan fingerprint density at radius 2 is 1.09 bits per heavy atom. The molecular formula is C19H38FIO. The highest BCUT2D eigenvalue weighted by molar-refractivity contribution is 14.1. The van der Waals surface area contributed by atoms with E-state index in [0.29, 0.717) is 0 Å². The fraction of sp³-hybridized carbons (Fsp3) is 1.00. The summed E-state index contributed by atoms with van der Waals surface area (Å²) in [5.74, 6) is 0. The number of unbranched alkanes of at least 4 members (excludes halogenated alkanes) is 11. The molecule has 0 aromatic heterocycles. The van der Waals surface area contributed by atoms with Crippen molar-refractivity contribution in [1.82, 2.24) is 0 Å². The molecule has 134 valence electrons. The molecule has 0 aromatic rings. The van der Waals surface area contributed by atoms with Crippen LogP contribution in [0.2, 0.25) is 0 Å². The molecule has 0 amide bonds. The second-order valence-corrected chi connectivity index (χ2v) is 7.55. The molecule has 1 atom stereocenters. The molecule has 1 nitrogen and oxygen atoms in total. The van der Waals surface area contributed by atoms with Gasteiger partial charge in [0.1, 0.15) is 0 Å². The predicted molar refractivity (Wildman–Crippen MR) is 105 cm³/mol. The lowest BCUT2D eigenvalue weighted by molar-refractivity contribution is 0.131. The molecule has 0 rings (SSSR count). The first-order valence-electron chi connectivity index (χ1n) is 9.55. The second-order valence-electron chi connectivity index (χ2n) is 6.47. The minimum absolute atomic E-state index is 0.609. The van der Waals surface area contributed by atoms with E-state index in [1.807, 2.05) is 0 Å². The van der Waals surface area contributed by atoms with Gasteiger partial charge in [0.25, 0.3) is 0 Å². The number of rotatable bonds is 18. The molecule has 0 heterocycles. The Hall–Kier alpha value is 0.620. The number of halogens is 2. The van der Waals surface area contributed by atoms with Crippen LogP contribution in [0.5, 0.6) is 0 Å². The Kier molecular flexibility index (Phi) is 20.2. The van der Waals surface area contributed by atoms with Crippen LogP contribution in [-0.4, -0.2) is 23.8 Å². The van der Waals surface area contributed by atoms with Crippen LogP contribution in [0.15, 0.2) is 0 Å². The Labute approximate surface area is 152 Å². The molecule has 0 N–H and O–H groups in total. The van der Waals surface area contributed by atoms with Crippen LogP contribution in [0.1, 0.15) is 96.8 Å². The van der Waals surface area contributed by atoms with Gasteiger partial charge in [-0.2, -0.15) is 0 Å². The molecule has 0 saturated carbocycles. The first-order chi connectivity index (χ1) is 10.8. The maximum atomic E-state index is 12.6. The average Bonchev–Trinajstić information content (AvgIpc) is 2.50. The summed E-state index contributed by atoms with van der Waals surface area (Å²) in [5.41, 5.74) is 0. The van der Waals surface area contributed by atoms with Crippen molar-refractivity contribution in [3.05, 3.63) is 0 Å². The van der Waals surface area contributed by atoms with Crippen molar-refractivity contribution < 1.29 is 9.13 Å². The van der Waals surface area contributed by atoms with Crippen LogP contribution in [0.3, 0.4) is 0 Å². The largest absolute Gasteiger partial charge is 0.381 e. The normalized spacial score (nSPS) is 12.7. The van der Waals surface area contributed by atoms with E-state index in [9.17, 15) is 4.39 Å². The van der Waals surface area contributed by atoms with Gasteiger partial charge >= 0.3 is 0 Å². The van der Waals surface area contributed by atoms with Crippen LogP contribution < -0.4 is 0 Å². The topological polar surface area (TPSA) is 9.23 Å². The summed E-state index contributed by atoms with van der Waals surface area (Å²) in [5, 5.41) is 0. The van der Waals surface area contributed by atoms with Crippen molar-refractivity contribution in [1.29, 1.82) is 0 Å². The molecular weight excluding hydrogens is 390 g/mol. The van der Waals surface area contributed by atoms with E-state index < -0.39 is 6.17 Å². The summed E-state index contributed by atoms with van der Waals surface area (Å²) in [6.45, 7) is 3.56. The lowest BCUT2D eigenvalue weighted by Gasteiger charge is -2.04. The van der Waals surface area contributed by atoms with E-state index >= 15 is 0 Å². The summed E-state index contributed by atoms with van der Waals surface area (Å²) >= 11 is 2.40. The van der Waals surface area contributed by atoms with E-state index in [1.54, 1.807) is 6.92 Å². The van der Waals surface area contributed by atoms with Crippen LogP contribution in [0, 0.1) is 0 Å². The zero-order chi connectivity index (χ0) is 16.3. The maximum Gasteiger partial charge on any atom is 0.0973 e. The van der Waals surface area contributed by atoms with Gasteiger partial charge in [0, 0.05) is 17.6 Å². The lowest BCUT2D eigenvalue weighted by Crippen LogP contribution is -1.97. The highest BCUT2D eigenvalue weighted by Crippen LogP contribution is 2.13. The van der Waals surface area contributed by atoms with Gasteiger partial charge in [0.05, 0.1) is 6.17 Å². The van der Waals surface area contributed by atoms with Gasteiger partial charge in [-0.1, -0.05) is 93.2 Å².